The minimum atomic E-state index is -0.289. The number of rotatable bonds is 6. The molecular formula is C23H19N5O3S. The van der Waals surface area contributed by atoms with Gasteiger partial charge in [-0.2, -0.15) is 5.10 Å². The first-order valence-electron chi connectivity index (χ1n) is 10.0. The van der Waals surface area contributed by atoms with Crippen LogP contribution in [0, 0.1) is 6.92 Å². The number of nitrogens with zero attached hydrogens (tertiary/aromatic N) is 5. The first-order valence-corrected chi connectivity index (χ1v) is 11.0. The standard InChI is InChI=1S/C23H19N5O3S/c1-15-6-8-16(9-7-15)18-12-19(20-5-3-11-30-20)28(27-18)21(29)14-32-23-26-25-22(31-23)17-4-2-10-24-13-17/h2-11,13,19H,12,14H2,1H3. The molecule has 0 aliphatic carbocycles. The fourth-order valence-electron chi connectivity index (χ4n) is 3.43. The third-order valence-electron chi connectivity index (χ3n) is 5.06. The zero-order valence-corrected chi connectivity index (χ0v) is 18.0. The third-order valence-corrected chi connectivity index (χ3v) is 5.86. The topological polar surface area (TPSA) is 97.6 Å². The molecule has 3 aromatic heterocycles. The Morgan fingerprint density at radius 3 is 2.75 bits per heavy atom. The van der Waals surface area contributed by atoms with E-state index in [1.54, 1.807) is 24.7 Å². The second kappa shape index (κ2) is 8.80. The van der Waals surface area contributed by atoms with Crippen LogP contribution in [0.1, 0.15) is 29.3 Å². The first kappa shape index (κ1) is 20.2. The quantitative estimate of drug-likeness (QED) is 0.403. The number of hydrazone groups is 1. The molecule has 4 heterocycles. The van der Waals surface area contributed by atoms with Crippen LogP contribution in [0.2, 0.25) is 0 Å². The molecule has 0 fully saturated rings. The van der Waals surface area contributed by atoms with E-state index < -0.39 is 0 Å². The van der Waals surface area contributed by atoms with Gasteiger partial charge in [-0.1, -0.05) is 41.6 Å². The van der Waals surface area contributed by atoms with Crippen LogP contribution in [-0.2, 0) is 4.79 Å². The lowest BCUT2D eigenvalue weighted by Gasteiger charge is -2.19. The number of benzene rings is 1. The maximum atomic E-state index is 13.1. The van der Waals surface area contributed by atoms with Crippen molar-refractivity contribution in [3.05, 3.63) is 84.1 Å². The molecule has 1 atom stereocenters. The van der Waals surface area contributed by atoms with Crippen LogP contribution in [0.3, 0.4) is 0 Å². The molecule has 9 heteroatoms. The average molecular weight is 446 g/mol. The number of pyridine rings is 1. The van der Waals surface area contributed by atoms with Crippen molar-refractivity contribution in [2.24, 2.45) is 5.10 Å². The van der Waals surface area contributed by atoms with E-state index in [9.17, 15) is 4.79 Å². The molecule has 8 nitrogen and oxygen atoms in total. The molecular weight excluding hydrogens is 426 g/mol. The predicted molar refractivity (Wildman–Crippen MR) is 119 cm³/mol. The largest absolute Gasteiger partial charge is 0.467 e. The van der Waals surface area contributed by atoms with Gasteiger partial charge in [-0.25, -0.2) is 5.01 Å². The van der Waals surface area contributed by atoms with Gasteiger partial charge in [0.2, 0.25) is 5.89 Å². The van der Waals surface area contributed by atoms with E-state index >= 15 is 0 Å². The van der Waals surface area contributed by atoms with Gasteiger partial charge in [0.1, 0.15) is 11.8 Å². The van der Waals surface area contributed by atoms with Crippen molar-refractivity contribution in [1.29, 1.82) is 0 Å². The van der Waals surface area contributed by atoms with Gasteiger partial charge in [0.25, 0.3) is 11.1 Å². The Bertz CT molecular complexity index is 1240. The second-order valence-corrected chi connectivity index (χ2v) is 8.22. The minimum Gasteiger partial charge on any atom is -0.467 e. The summed E-state index contributed by atoms with van der Waals surface area (Å²) >= 11 is 1.18. The van der Waals surface area contributed by atoms with E-state index in [-0.39, 0.29) is 17.7 Å². The van der Waals surface area contributed by atoms with E-state index in [1.165, 1.54) is 22.3 Å². The van der Waals surface area contributed by atoms with E-state index in [2.05, 4.69) is 20.3 Å². The zero-order chi connectivity index (χ0) is 21.9. The lowest BCUT2D eigenvalue weighted by Crippen LogP contribution is -2.28. The van der Waals surface area contributed by atoms with Crippen molar-refractivity contribution in [2.75, 3.05) is 5.75 Å². The Kier molecular flexibility index (Phi) is 5.55. The molecule has 0 saturated carbocycles. The molecule has 1 aliphatic rings. The summed E-state index contributed by atoms with van der Waals surface area (Å²) < 4.78 is 11.3. The third kappa shape index (κ3) is 4.19. The number of amides is 1. The summed E-state index contributed by atoms with van der Waals surface area (Å²) in [5.41, 5.74) is 3.74. The highest BCUT2D eigenvalue weighted by Crippen LogP contribution is 2.34. The van der Waals surface area contributed by atoms with Crippen molar-refractivity contribution in [3.8, 4) is 11.5 Å². The van der Waals surface area contributed by atoms with Crippen LogP contribution in [0.25, 0.3) is 11.5 Å². The van der Waals surface area contributed by atoms with Crippen LogP contribution < -0.4 is 0 Å². The Balaban J connectivity index is 1.32. The Morgan fingerprint density at radius 1 is 1.12 bits per heavy atom. The molecule has 0 N–H and O–H groups in total. The summed E-state index contributed by atoms with van der Waals surface area (Å²) in [7, 11) is 0. The maximum absolute atomic E-state index is 13.1. The van der Waals surface area contributed by atoms with Gasteiger partial charge in [-0.05, 0) is 36.8 Å². The van der Waals surface area contributed by atoms with E-state index in [0.29, 0.717) is 23.3 Å². The van der Waals surface area contributed by atoms with E-state index in [1.807, 2.05) is 49.4 Å². The van der Waals surface area contributed by atoms with Crippen molar-refractivity contribution >= 4 is 23.4 Å². The Hall–Kier alpha value is -3.72. The number of thioether (sulfide) groups is 1. The van der Waals surface area contributed by atoms with Crippen LogP contribution >= 0.6 is 11.8 Å². The normalized spacial score (nSPS) is 15.7. The number of aryl methyl sites for hydroxylation is 1. The molecule has 0 bridgehead atoms. The summed E-state index contributed by atoms with van der Waals surface area (Å²) in [4.78, 5) is 17.1. The molecule has 1 aromatic carbocycles. The average Bonchev–Trinajstić information content (AvgIpc) is 3.59. The van der Waals surface area contributed by atoms with Gasteiger partial charge >= 0.3 is 0 Å². The molecule has 32 heavy (non-hydrogen) atoms. The molecule has 4 aromatic rings. The number of hydrogen-bond acceptors (Lipinski definition) is 8. The monoisotopic (exact) mass is 445 g/mol. The number of aromatic nitrogens is 3. The molecule has 0 saturated heterocycles. The summed E-state index contributed by atoms with van der Waals surface area (Å²) in [6.07, 6.45) is 5.51. The summed E-state index contributed by atoms with van der Waals surface area (Å²) in [5, 5.41) is 14.5. The maximum Gasteiger partial charge on any atom is 0.277 e. The minimum absolute atomic E-state index is 0.108. The number of furan rings is 1. The summed E-state index contributed by atoms with van der Waals surface area (Å²) in [5.74, 6) is 1.00. The van der Waals surface area contributed by atoms with Crippen LogP contribution in [-0.4, -0.2) is 37.6 Å². The molecule has 5 rings (SSSR count). The van der Waals surface area contributed by atoms with Gasteiger partial charge < -0.3 is 8.83 Å². The highest BCUT2D eigenvalue weighted by atomic mass is 32.2. The van der Waals surface area contributed by atoms with E-state index in [4.69, 9.17) is 8.83 Å². The lowest BCUT2D eigenvalue weighted by molar-refractivity contribution is -0.130. The Labute approximate surface area is 188 Å². The number of hydrogen-bond donors (Lipinski definition) is 0. The van der Waals surface area contributed by atoms with Gasteiger partial charge in [-0.3, -0.25) is 9.78 Å². The van der Waals surface area contributed by atoms with Gasteiger partial charge in [0.05, 0.1) is 23.3 Å². The molecule has 1 unspecified atom stereocenters. The molecule has 1 aliphatic heterocycles. The van der Waals surface area contributed by atoms with Crippen LogP contribution in [0.4, 0.5) is 0 Å². The fraction of sp³-hybridized carbons (Fsp3) is 0.174. The smallest absolute Gasteiger partial charge is 0.277 e. The summed E-state index contributed by atoms with van der Waals surface area (Å²) in [6, 6.07) is 15.1. The molecule has 160 valence electrons. The zero-order valence-electron chi connectivity index (χ0n) is 17.2. The SMILES string of the molecule is Cc1ccc(C2=NN(C(=O)CSc3nnc(-c4cccnc4)o3)C(c3ccco3)C2)cc1. The first-order chi connectivity index (χ1) is 15.7. The van der Waals surface area contributed by atoms with Crippen LogP contribution in [0.5, 0.6) is 0 Å². The predicted octanol–water partition coefficient (Wildman–Crippen LogP) is 4.50. The number of carbonyl (C=O) groups is 1. The number of carbonyl (C=O) groups excluding carboxylic acids is 1. The second-order valence-electron chi connectivity index (χ2n) is 7.29. The van der Waals surface area contributed by atoms with Crippen molar-refractivity contribution < 1.29 is 13.6 Å². The van der Waals surface area contributed by atoms with Gasteiger partial charge in [0.15, 0.2) is 0 Å². The fourth-order valence-corrected chi connectivity index (χ4v) is 4.04. The highest BCUT2D eigenvalue weighted by molar-refractivity contribution is 7.99. The van der Waals surface area contributed by atoms with E-state index in [0.717, 1.165) is 16.8 Å². The van der Waals surface area contributed by atoms with Crippen molar-refractivity contribution in [3.63, 3.8) is 0 Å². The molecule has 1 amide bonds. The van der Waals surface area contributed by atoms with Crippen molar-refractivity contribution in [2.45, 2.75) is 24.6 Å². The Morgan fingerprint density at radius 2 is 2.00 bits per heavy atom. The highest BCUT2D eigenvalue weighted by Gasteiger charge is 2.35. The molecule has 0 spiro atoms. The van der Waals surface area contributed by atoms with Crippen molar-refractivity contribution in [1.82, 2.24) is 20.2 Å². The van der Waals surface area contributed by atoms with Gasteiger partial charge in [0, 0.05) is 18.8 Å². The van der Waals surface area contributed by atoms with Crippen LogP contribution in [0.15, 0.2) is 86.3 Å². The summed E-state index contributed by atoms with van der Waals surface area (Å²) in [6.45, 7) is 2.04. The van der Waals surface area contributed by atoms with Gasteiger partial charge in [-0.15, -0.1) is 10.2 Å². The molecule has 0 radical (unpaired) electrons. The lowest BCUT2D eigenvalue weighted by atomic mass is 10.0.